The molecule has 0 radical (unpaired) electrons. The van der Waals surface area contributed by atoms with E-state index in [4.69, 9.17) is 9.47 Å². The van der Waals surface area contributed by atoms with Gasteiger partial charge in [0.05, 0.1) is 20.2 Å². The van der Waals surface area contributed by atoms with Crippen LogP contribution in [-0.4, -0.2) is 37.7 Å². The number of hydrogen-bond donors (Lipinski definition) is 2. The zero-order chi connectivity index (χ0) is 20.4. The van der Waals surface area contributed by atoms with Crippen molar-refractivity contribution in [2.75, 3.05) is 26.8 Å². The van der Waals surface area contributed by atoms with E-state index in [2.05, 4.69) is 20.6 Å². The summed E-state index contributed by atoms with van der Waals surface area (Å²) >= 11 is 0. The molecule has 0 bridgehead atoms. The maximum Gasteiger partial charge on any atom is 0.421 e. The van der Waals surface area contributed by atoms with Crippen LogP contribution in [0.4, 0.5) is 13.2 Å². The molecule has 160 valence electrons. The van der Waals surface area contributed by atoms with Gasteiger partial charge in [0.1, 0.15) is 17.9 Å². The molecule has 29 heavy (non-hydrogen) atoms. The van der Waals surface area contributed by atoms with Crippen molar-refractivity contribution in [2.24, 2.45) is 4.99 Å². The molecule has 0 fully saturated rings. The van der Waals surface area contributed by atoms with Crippen LogP contribution in [0.15, 0.2) is 47.6 Å². The summed E-state index contributed by atoms with van der Waals surface area (Å²) in [5.41, 5.74) is 0.0218. The largest absolute Gasteiger partial charge is 0.496 e. The van der Waals surface area contributed by atoms with Gasteiger partial charge in [-0.05, 0) is 25.1 Å². The number of alkyl halides is 3. The summed E-state index contributed by atoms with van der Waals surface area (Å²) in [5, 5.41) is 6.09. The summed E-state index contributed by atoms with van der Waals surface area (Å²) in [4.78, 5) is 8.12. The van der Waals surface area contributed by atoms with Crippen molar-refractivity contribution < 1.29 is 22.6 Å². The minimum absolute atomic E-state index is 0. The lowest BCUT2D eigenvalue weighted by atomic mass is 10.2. The number of halogens is 4. The van der Waals surface area contributed by atoms with E-state index in [1.807, 2.05) is 31.2 Å². The normalized spacial score (nSPS) is 11.4. The number of aliphatic imine (C=N–C) groups is 1. The number of ether oxygens (including phenoxy) is 2. The first-order chi connectivity index (χ1) is 13.5. The van der Waals surface area contributed by atoms with Crippen LogP contribution in [0, 0.1) is 0 Å². The topological polar surface area (TPSA) is 67.8 Å². The molecule has 0 amide bonds. The van der Waals surface area contributed by atoms with E-state index in [-0.39, 0.29) is 37.1 Å². The fourth-order valence-electron chi connectivity index (χ4n) is 2.38. The van der Waals surface area contributed by atoms with Crippen molar-refractivity contribution in [3.05, 3.63) is 53.7 Å². The zero-order valence-corrected chi connectivity index (χ0v) is 18.5. The molecule has 0 aliphatic rings. The van der Waals surface area contributed by atoms with E-state index in [1.54, 1.807) is 7.11 Å². The minimum Gasteiger partial charge on any atom is -0.496 e. The first kappa shape index (κ1) is 24.8. The smallest absolute Gasteiger partial charge is 0.421 e. The lowest BCUT2D eigenvalue weighted by Crippen LogP contribution is -2.39. The van der Waals surface area contributed by atoms with Crippen LogP contribution in [0.25, 0.3) is 0 Å². The first-order valence-electron chi connectivity index (χ1n) is 8.74. The standard InChI is InChI=1S/C19H23F3N4O2.HI/c1-3-23-18(26-13-14-7-4-5-9-16(14)27-2)25-11-12-28-17-15(19(20,21)22)8-6-10-24-17;/h4-10H,3,11-13H2,1-2H3,(H2,23,25,26);1H. The molecule has 0 unspecified atom stereocenters. The minimum atomic E-state index is -4.51. The predicted molar refractivity (Wildman–Crippen MR) is 116 cm³/mol. The second-order valence-corrected chi connectivity index (χ2v) is 5.64. The van der Waals surface area contributed by atoms with Crippen molar-refractivity contribution in [2.45, 2.75) is 19.6 Å². The van der Waals surface area contributed by atoms with Crippen LogP contribution < -0.4 is 20.1 Å². The van der Waals surface area contributed by atoms with Crippen LogP contribution in [0.5, 0.6) is 11.6 Å². The average Bonchev–Trinajstić information content (AvgIpc) is 2.69. The summed E-state index contributed by atoms with van der Waals surface area (Å²) in [6.45, 7) is 3.20. The van der Waals surface area contributed by atoms with Gasteiger partial charge >= 0.3 is 6.18 Å². The monoisotopic (exact) mass is 524 g/mol. The van der Waals surface area contributed by atoms with Crippen molar-refractivity contribution in [1.29, 1.82) is 0 Å². The van der Waals surface area contributed by atoms with E-state index < -0.39 is 17.6 Å². The third kappa shape index (κ3) is 7.95. The van der Waals surface area contributed by atoms with Gasteiger partial charge in [0.2, 0.25) is 5.88 Å². The SMILES string of the molecule is CCNC(=NCc1ccccc1OC)NCCOc1ncccc1C(F)(F)F.I. The van der Waals surface area contributed by atoms with Crippen LogP contribution in [-0.2, 0) is 12.7 Å². The molecule has 0 aliphatic carbocycles. The van der Waals surface area contributed by atoms with Gasteiger partial charge in [-0.15, -0.1) is 24.0 Å². The highest BCUT2D eigenvalue weighted by Crippen LogP contribution is 2.34. The maximum atomic E-state index is 12.9. The summed E-state index contributed by atoms with van der Waals surface area (Å²) in [6, 6.07) is 9.70. The van der Waals surface area contributed by atoms with Gasteiger partial charge < -0.3 is 20.1 Å². The molecule has 0 saturated heterocycles. The fraction of sp³-hybridized carbons (Fsp3) is 0.368. The number of hydrogen-bond acceptors (Lipinski definition) is 4. The lowest BCUT2D eigenvalue weighted by molar-refractivity contribution is -0.139. The van der Waals surface area contributed by atoms with E-state index in [0.29, 0.717) is 19.0 Å². The van der Waals surface area contributed by atoms with E-state index in [9.17, 15) is 13.2 Å². The number of pyridine rings is 1. The summed E-state index contributed by atoms with van der Waals surface area (Å²) in [6.07, 6.45) is -3.25. The van der Waals surface area contributed by atoms with Crippen LogP contribution in [0.2, 0.25) is 0 Å². The Labute approximate surface area is 184 Å². The number of guanidine groups is 1. The van der Waals surface area contributed by atoms with Crippen molar-refractivity contribution in [3.8, 4) is 11.6 Å². The second kappa shape index (κ2) is 12.3. The molecule has 0 atom stereocenters. The second-order valence-electron chi connectivity index (χ2n) is 5.64. The van der Waals surface area contributed by atoms with Gasteiger partial charge in [0.25, 0.3) is 0 Å². The van der Waals surface area contributed by atoms with Gasteiger partial charge in [0, 0.05) is 18.3 Å². The van der Waals surface area contributed by atoms with Crippen LogP contribution in [0.1, 0.15) is 18.1 Å². The molecule has 1 aromatic heterocycles. The van der Waals surface area contributed by atoms with E-state index >= 15 is 0 Å². The Hall–Kier alpha value is -2.24. The predicted octanol–water partition coefficient (Wildman–Crippen LogP) is 3.86. The molecule has 1 aromatic carbocycles. The third-order valence-electron chi connectivity index (χ3n) is 3.65. The molecular weight excluding hydrogens is 500 g/mol. The van der Waals surface area contributed by atoms with E-state index in [1.165, 1.54) is 12.3 Å². The highest BCUT2D eigenvalue weighted by Gasteiger charge is 2.34. The van der Waals surface area contributed by atoms with Gasteiger partial charge in [0.15, 0.2) is 5.96 Å². The highest BCUT2D eigenvalue weighted by molar-refractivity contribution is 14.0. The Morgan fingerprint density at radius 1 is 1.14 bits per heavy atom. The fourth-order valence-corrected chi connectivity index (χ4v) is 2.38. The Morgan fingerprint density at radius 2 is 1.90 bits per heavy atom. The van der Waals surface area contributed by atoms with Gasteiger partial charge in [-0.25, -0.2) is 9.98 Å². The maximum absolute atomic E-state index is 12.9. The molecule has 1 heterocycles. The van der Waals surface area contributed by atoms with Gasteiger partial charge in [-0.1, -0.05) is 18.2 Å². The molecule has 0 spiro atoms. The number of aromatic nitrogens is 1. The molecule has 0 saturated carbocycles. The molecule has 0 aliphatic heterocycles. The summed E-state index contributed by atoms with van der Waals surface area (Å²) < 4.78 is 49.3. The quantitative estimate of drug-likeness (QED) is 0.238. The summed E-state index contributed by atoms with van der Waals surface area (Å²) in [7, 11) is 1.59. The van der Waals surface area contributed by atoms with Gasteiger partial charge in [-0.3, -0.25) is 0 Å². The number of benzene rings is 1. The van der Waals surface area contributed by atoms with Crippen molar-refractivity contribution in [3.63, 3.8) is 0 Å². The highest BCUT2D eigenvalue weighted by atomic mass is 127. The number of methoxy groups -OCH3 is 1. The molecule has 2 N–H and O–H groups in total. The third-order valence-corrected chi connectivity index (χ3v) is 3.65. The van der Waals surface area contributed by atoms with Crippen molar-refractivity contribution >= 4 is 29.9 Å². The number of nitrogens with one attached hydrogen (secondary N) is 2. The van der Waals surface area contributed by atoms with Crippen LogP contribution >= 0.6 is 24.0 Å². The number of nitrogens with zero attached hydrogens (tertiary/aromatic N) is 2. The molecule has 10 heteroatoms. The Bertz CT molecular complexity index is 788. The van der Waals surface area contributed by atoms with Gasteiger partial charge in [-0.2, -0.15) is 13.2 Å². The molecule has 6 nitrogen and oxygen atoms in total. The molecule has 2 rings (SSSR count). The number of rotatable bonds is 8. The Balaban J connectivity index is 0.00000420. The first-order valence-corrected chi connectivity index (χ1v) is 8.74. The van der Waals surface area contributed by atoms with E-state index in [0.717, 1.165) is 17.4 Å². The van der Waals surface area contributed by atoms with Crippen LogP contribution in [0.3, 0.4) is 0 Å². The molecular formula is C19H24F3IN4O2. The Kier molecular flexibility index (Phi) is 10.6. The number of para-hydroxylation sites is 1. The summed E-state index contributed by atoms with van der Waals surface area (Å²) in [5.74, 6) is 0.821. The zero-order valence-electron chi connectivity index (χ0n) is 16.1. The molecule has 2 aromatic rings. The lowest BCUT2D eigenvalue weighted by Gasteiger charge is -2.14. The Morgan fingerprint density at radius 3 is 2.59 bits per heavy atom. The van der Waals surface area contributed by atoms with Crippen molar-refractivity contribution in [1.82, 2.24) is 15.6 Å². The average molecular weight is 524 g/mol.